The fraction of sp³-hybridized carbons (Fsp3) is 0.818. The summed E-state index contributed by atoms with van der Waals surface area (Å²) < 4.78 is 29.4. The van der Waals surface area contributed by atoms with E-state index in [9.17, 15) is 8.42 Å². The molecule has 8 heteroatoms. The van der Waals surface area contributed by atoms with Crippen molar-refractivity contribution < 1.29 is 8.42 Å². The van der Waals surface area contributed by atoms with E-state index < -0.39 is 10.0 Å². The second kappa shape index (κ2) is 5.72. The van der Waals surface area contributed by atoms with Gasteiger partial charge in [-0.25, -0.2) is 18.1 Å². The first-order chi connectivity index (χ1) is 8.85. The molecule has 0 aromatic carbocycles. The molecule has 0 radical (unpaired) electrons. The number of hydrogen-bond acceptors (Lipinski definition) is 6. The monoisotopic (exact) mass is 304 g/mol. The molecule has 2 heterocycles. The Bertz CT molecular complexity index is 519. The van der Waals surface area contributed by atoms with Gasteiger partial charge in [-0.15, -0.1) is 0 Å². The van der Waals surface area contributed by atoms with Crippen LogP contribution in [0, 0.1) is 0 Å². The summed E-state index contributed by atoms with van der Waals surface area (Å²) in [4.78, 5) is 6.71. The molecule has 1 saturated heterocycles. The van der Waals surface area contributed by atoms with Crippen LogP contribution in [0.1, 0.15) is 38.4 Å². The minimum Gasteiger partial charge on any atom is -0.347 e. The van der Waals surface area contributed by atoms with Crippen LogP contribution in [0.15, 0.2) is 0 Å². The number of hydrogen-bond donors (Lipinski definition) is 1. The van der Waals surface area contributed by atoms with E-state index in [4.69, 9.17) is 0 Å². The highest BCUT2D eigenvalue weighted by Crippen LogP contribution is 2.24. The van der Waals surface area contributed by atoms with Crippen LogP contribution in [-0.4, -0.2) is 43.2 Å². The smallest absolute Gasteiger partial charge is 0.208 e. The Morgan fingerprint density at radius 1 is 1.37 bits per heavy atom. The zero-order valence-electron chi connectivity index (χ0n) is 11.5. The Kier molecular flexibility index (Phi) is 4.42. The molecule has 1 aromatic rings. The maximum Gasteiger partial charge on any atom is 0.208 e. The lowest BCUT2D eigenvalue weighted by Crippen LogP contribution is -2.44. The lowest BCUT2D eigenvalue weighted by atomic mass is 10.1. The van der Waals surface area contributed by atoms with Gasteiger partial charge in [0.1, 0.15) is 5.82 Å². The lowest BCUT2D eigenvalue weighted by molar-refractivity contribution is 0.461. The third-order valence-electron chi connectivity index (χ3n) is 3.09. The fourth-order valence-electron chi connectivity index (χ4n) is 2.08. The molecule has 19 heavy (non-hydrogen) atoms. The van der Waals surface area contributed by atoms with Crippen molar-refractivity contribution in [2.24, 2.45) is 0 Å². The number of nitrogens with one attached hydrogen (secondary N) is 1. The minimum atomic E-state index is -3.11. The van der Waals surface area contributed by atoms with E-state index in [-0.39, 0.29) is 6.04 Å². The number of anilines is 1. The standard InChI is InChI=1S/C11H20N4O2S2/c1-8(2)10-12-11(18-13-10)15-6-4-9(5-7-15)14-19(3,16)17/h8-9,14H,4-7H2,1-3H3. The molecule has 1 aromatic heterocycles. The van der Waals surface area contributed by atoms with Gasteiger partial charge in [0.05, 0.1) is 6.26 Å². The van der Waals surface area contributed by atoms with Crippen molar-refractivity contribution in [3.05, 3.63) is 5.82 Å². The maximum atomic E-state index is 11.2. The van der Waals surface area contributed by atoms with Gasteiger partial charge in [0, 0.05) is 36.6 Å². The first-order valence-electron chi connectivity index (χ1n) is 6.41. The van der Waals surface area contributed by atoms with E-state index in [1.807, 2.05) is 0 Å². The van der Waals surface area contributed by atoms with Crippen LogP contribution >= 0.6 is 11.5 Å². The van der Waals surface area contributed by atoms with Crippen molar-refractivity contribution in [3.63, 3.8) is 0 Å². The summed E-state index contributed by atoms with van der Waals surface area (Å²) in [6, 6.07) is 0.0451. The van der Waals surface area contributed by atoms with Gasteiger partial charge in [0.15, 0.2) is 0 Å². The Labute approximate surface area is 118 Å². The van der Waals surface area contributed by atoms with Gasteiger partial charge in [-0.2, -0.15) is 4.37 Å². The molecule has 0 unspecified atom stereocenters. The van der Waals surface area contributed by atoms with E-state index >= 15 is 0 Å². The normalized spacial score (nSPS) is 18.2. The summed E-state index contributed by atoms with van der Waals surface area (Å²) in [5.41, 5.74) is 0. The van der Waals surface area contributed by atoms with Crippen LogP contribution in [0.25, 0.3) is 0 Å². The molecule has 1 aliphatic heterocycles. The molecule has 1 aliphatic rings. The third kappa shape index (κ3) is 4.12. The van der Waals surface area contributed by atoms with Gasteiger partial charge in [0.25, 0.3) is 0 Å². The van der Waals surface area contributed by atoms with Gasteiger partial charge < -0.3 is 4.90 Å². The zero-order chi connectivity index (χ0) is 14.0. The summed E-state index contributed by atoms with van der Waals surface area (Å²) in [6.45, 7) is 5.79. The molecule has 0 bridgehead atoms. The largest absolute Gasteiger partial charge is 0.347 e. The van der Waals surface area contributed by atoms with E-state index in [1.165, 1.54) is 17.8 Å². The van der Waals surface area contributed by atoms with Crippen LogP contribution in [0.4, 0.5) is 5.13 Å². The second-order valence-corrected chi connectivity index (χ2v) is 7.75. The van der Waals surface area contributed by atoms with Crippen molar-refractivity contribution in [1.82, 2.24) is 14.1 Å². The first-order valence-corrected chi connectivity index (χ1v) is 9.07. The van der Waals surface area contributed by atoms with Gasteiger partial charge in [-0.1, -0.05) is 13.8 Å². The molecule has 0 aliphatic carbocycles. The predicted molar refractivity (Wildman–Crippen MR) is 77.2 cm³/mol. The van der Waals surface area contributed by atoms with Crippen molar-refractivity contribution in [1.29, 1.82) is 0 Å². The Balaban J connectivity index is 1.92. The van der Waals surface area contributed by atoms with Gasteiger partial charge >= 0.3 is 0 Å². The predicted octanol–water partition coefficient (Wildman–Crippen LogP) is 1.18. The zero-order valence-corrected chi connectivity index (χ0v) is 13.1. The van der Waals surface area contributed by atoms with Gasteiger partial charge in [-0.05, 0) is 12.8 Å². The van der Waals surface area contributed by atoms with Crippen LogP contribution in [0.5, 0.6) is 0 Å². The Hall–Kier alpha value is -0.730. The van der Waals surface area contributed by atoms with Gasteiger partial charge in [-0.3, -0.25) is 0 Å². The number of nitrogens with zero attached hydrogens (tertiary/aromatic N) is 3. The van der Waals surface area contributed by atoms with E-state index in [0.717, 1.165) is 36.9 Å². The second-order valence-electron chi connectivity index (χ2n) is 5.24. The van der Waals surface area contributed by atoms with Crippen molar-refractivity contribution >= 4 is 26.7 Å². The van der Waals surface area contributed by atoms with E-state index in [2.05, 4.69) is 32.8 Å². The Morgan fingerprint density at radius 3 is 2.47 bits per heavy atom. The van der Waals surface area contributed by atoms with Gasteiger partial charge in [0.2, 0.25) is 15.2 Å². The minimum absolute atomic E-state index is 0.0451. The van der Waals surface area contributed by atoms with Crippen molar-refractivity contribution in [2.75, 3.05) is 24.2 Å². The highest BCUT2D eigenvalue weighted by Gasteiger charge is 2.23. The molecule has 6 nitrogen and oxygen atoms in total. The highest BCUT2D eigenvalue weighted by atomic mass is 32.2. The molecule has 0 amide bonds. The van der Waals surface area contributed by atoms with Crippen LogP contribution < -0.4 is 9.62 Å². The maximum absolute atomic E-state index is 11.2. The number of aromatic nitrogens is 2. The number of piperidine rings is 1. The lowest BCUT2D eigenvalue weighted by Gasteiger charge is -2.31. The van der Waals surface area contributed by atoms with E-state index in [1.54, 1.807) is 0 Å². The highest BCUT2D eigenvalue weighted by molar-refractivity contribution is 7.88. The SMILES string of the molecule is CC(C)c1nsc(N2CCC(NS(C)(=O)=O)CC2)n1. The number of rotatable bonds is 4. The summed E-state index contributed by atoms with van der Waals surface area (Å²) >= 11 is 1.42. The average Bonchev–Trinajstić information content (AvgIpc) is 2.77. The van der Waals surface area contributed by atoms with Crippen molar-refractivity contribution in [2.45, 2.75) is 38.6 Å². The summed E-state index contributed by atoms with van der Waals surface area (Å²) in [6.07, 6.45) is 2.83. The molecule has 2 rings (SSSR count). The molecule has 0 saturated carbocycles. The quantitative estimate of drug-likeness (QED) is 0.904. The van der Waals surface area contributed by atoms with Crippen LogP contribution in [0.2, 0.25) is 0 Å². The molecule has 1 N–H and O–H groups in total. The molecule has 0 spiro atoms. The van der Waals surface area contributed by atoms with Crippen LogP contribution in [0.3, 0.4) is 0 Å². The van der Waals surface area contributed by atoms with Crippen LogP contribution in [-0.2, 0) is 10.0 Å². The summed E-state index contributed by atoms with van der Waals surface area (Å²) in [5.74, 6) is 1.23. The molecule has 1 fully saturated rings. The molecule has 0 atom stereocenters. The average molecular weight is 304 g/mol. The van der Waals surface area contributed by atoms with E-state index in [0.29, 0.717) is 5.92 Å². The topological polar surface area (TPSA) is 75.2 Å². The first kappa shape index (κ1) is 14.7. The molecular formula is C11H20N4O2S2. The summed E-state index contributed by atoms with van der Waals surface area (Å²) in [5, 5.41) is 0.946. The summed E-state index contributed by atoms with van der Waals surface area (Å²) in [7, 11) is -3.11. The number of sulfonamides is 1. The Morgan fingerprint density at radius 2 is 2.00 bits per heavy atom. The molecular weight excluding hydrogens is 284 g/mol. The third-order valence-corrected chi connectivity index (χ3v) is 4.65. The van der Waals surface area contributed by atoms with Crippen molar-refractivity contribution in [3.8, 4) is 0 Å². The molecule has 108 valence electrons. The fourth-order valence-corrected chi connectivity index (χ4v) is 3.78.